The van der Waals surface area contributed by atoms with Crippen molar-refractivity contribution in [2.24, 2.45) is 5.84 Å². The number of rotatable bonds is 5. The molecule has 0 spiro atoms. The van der Waals surface area contributed by atoms with Gasteiger partial charge in [0.15, 0.2) is 0 Å². The van der Waals surface area contributed by atoms with E-state index < -0.39 is 0 Å². The maximum atomic E-state index is 5.27. The first-order valence-corrected chi connectivity index (χ1v) is 6.13. The Hall–Kier alpha value is -1.01. The van der Waals surface area contributed by atoms with Crippen LogP contribution in [0.3, 0.4) is 0 Å². The molecule has 0 aromatic carbocycles. The summed E-state index contributed by atoms with van der Waals surface area (Å²) in [7, 11) is 0. The lowest BCUT2D eigenvalue weighted by molar-refractivity contribution is 0.897. The predicted molar refractivity (Wildman–Crippen MR) is 66.0 cm³/mol. The smallest absolute Gasteiger partial charge is 0.239 e. The topological polar surface area (TPSA) is 75.9 Å². The molecule has 0 saturated carbocycles. The molecule has 1 aromatic rings. The van der Waals surface area contributed by atoms with Crippen LogP contribution in [-0.4, -0.2) is 28.0 Å². The summed E-state index contributed by atoms with van der Waals surface area (Å²) >= 11 is 1.80. The third-order valence-corrected chi connectivity index (χ3v) is 2.63. The average Bonchev–Trinajstić information content (AvgIpc) is 2.17. The number of anilines is 2. The Kier molecular flexibility index (Phi) is 4.64. The summed E-state index contributed by atoms with van der Waals surface area (Å²) in [5.41, 5.74) is 3.33. The van der Waals surface area contributed by atoms with Gasteiger partial charge in [-0.15, -0.1) is 0 Å². The summed E-state index contributed by atoms with van der Waals surface area (Å²) in [5, 5.41) is 3.29. The molecule has 1 heterocycles. The molecule has 0 aliphatic carbocycles. The number of nitrogens with one attached hydrogen (secondary N) is 2. The molecule has 1 rings (SSSR count). The Morgan fingerprint density at radius 2 is 2.27 bits per heavy atom. The molecule has 1 unspecified atom stereocenters. The van der Waals surface area contributed by atoms with E-state index in [0.717, 1.165) is 17.3 Å². The van der Waals surface area contributed by atoms with Gasteiger partial charge >= 0.3 is 0 Å². The van der Waals surface area contributed by atoms with Gasteiger partial charge in [0.25, 0.3) is 0 Å². The van der Waals surface area contributed by atoms with E-state index in [4.69, 9.17) is 5.84 Å². The van der Waals surface area contributed by atoms with Gasteiger partial charge in [-0.05, 0) is 20.1 Å². The van der Waals surface area contributed by atoms with Gasteiger partial charge < -0.3 is 5.32 Å². The lowest BCUT2D eigenvalue weighted by atomic mass is 10.3. The lowest BCUT2D eigenvalue weighted by Crippen LogP contribution is -2.20. The van der Waals surface area contributed by atoms with Gasteiger partial charge in [-0.2, -0.15) is 16.7 Å². The van der Waals surface area contributed by atoms with E-state index in [2.05, 4.69) is 33.9 Å². The predicted octanol–water partition coefficient (Wildman–Crippen LogP) is 1.23. The van der Waals surface area contributed by atoms with Crippen molar-refractivity contribution in [3.63, 3.8) is 0 Å². The number of aromatic nitrogens is 2. The SMILES string of the molecule is CSCC(C)Nc1cc(C)nc(NN)n1. The van der Waals surface area contributed by atoms with Gasteiger partial charge in [0.1, 0.15) is 5.82 Å². The molecule has 4 N–H and O–H groups in total. The first-order valence-electron chi connectivity index (χ1n) is 4.73. The lowest BCUT2D eigenvalue weighted by Gasteiger charge is -2.13. The normalized spacial score (nSPS) is 12.3. The molecular weight excluding hydrogens is 210 g/mol. The molecule has 15 heavy (non-hydrogen) atoms. The van der Waals surface area contributed by atoms with Crippen molar-refractivity contribution in [3.8, 4) is 0 Å². The van der Waals surface area contributed by atoms with Crippen molar-refractivity contribution in [2.45, 2.75) is 19.9 Å². The number of nitrogens with zero attached hydrogens (tertiary/aromatic N) is 2. The molecule has 0 amide bonds. The molecule has 0 aliphatic rings. The molecular formula is C9H17N5S. The quantitative estimate of drug-likeness (QED) is 0.519. The molecule has 1 atom stereocenters. The zero-order valence-electron chi connectivity index (χ0n) is 9.24. The average molecular weight is 227 g/mol. The van der Waals surface area contributed by atoms with Crippen LogP contribution in [0, 0.1) is 6.92 Å². The fraction of sp³-hybridized carbons (Fsp3) is 0.556. The van der Waals surface area contributed by atoms with Crippen LogP contribution in [0.2, 0.25) is 0 Å². The number of thioether (sulfide) groups is 1. The molecule has 1 aromatic heterocycles. The van der Waals surface area contributed by atoms with E-state index >= 15 is 0 Å². The van der Waals surface area contributed by atoms with Crippen molar-refractivity contribution >= 4 is 23.5 Å². The standard InChI is InChI=1S/C9H17N5S/c1-6-4-8(11-7(2)5-15-3)13-9(12-6)14-10/h4,7H,5,10H2,1-3H3,(H2,11,12,13,14). The van der Waals surface area contributed by atoms with Crippen molar-refractivity contribution in [3.05, 3.63) is 11.8 Å². The fourth-order valence-electron chi connectivity index (χ4n) is 1.25. The van der Waals surface area contributed by atoms with Crippen LogP contribution in [0.25, 0.3) is 0 Å². The van der Waals surface area contributed by atoms with Crippen LogP contribution in [0.15, 0.2) is 6.07 Å². The van der Waals surface area contributed by atoms with E-state index in [1.165, 1.54) is 0 Å². The Bertz CT molecular complexity index is 317. The maximum absolute atomic E-state index is 5.27. The van der Waals surface area contributed by atoms with Crippen molar-refractivity contribution in [2.75, 3.05) is 22.8 Å². The zero-order chi connectivity index (χ0) is 11.3. The number of hydrogen-bond acceptors (Lipinski definition) is 6. The molecule has 0 saturated heterocycles. The number of nitrogens with two attached hydrogens (primary N) is 1. The van der Waals surface area contributed by atoms with Crippen LogP contribution in [0.5, 0.6) is 0 Å². The van der Waals surface area contributed by atoms with Crippen molar-refractivity contribution < 1.29 is 0 Å². The van der Waals surface area contributed by atoms with E-state index in [0.29, 0.717) is 12.0 Å². The minimum atomic E-state index is 0.375. The minimum Gasteiger partial charge on any atom is -0.367 e. The third-order valence-electron chi connectivity index (χ3n) is 1.79. The van der Waals surface area contributed by atoms with Crippen LogP contribution in [-0.2, 0) is 0 Å². The molecule has 6 heteroatoms. The second-order valence-electron chi connectivity index (χ2n) is 3.36. The third kappa shape index (κ3) is 3.93. The van der Waals surface area contributed by atoms with Gasteiger partial charge in [0.05, 0.1) is 0 Å². The van der Waals surface area contributed by atoms with Gasteiger partial charge in [-0.3, -0.25) is 5.43 Å². The monoisotopic (exact) mass is 227 g/mol. The zero-order valence-corrected chi connectivity index (χ0v) is 10.1. The highest BCUT2D eigenvalue weighted by Crippen LogP contribution is 2.11. The first-order chi connectivity index (χ1) is 7.15. The summed E-state index contributed by atoms with van der Waals surface area (Å²) in [6.07, 6.45) is 2.08. The Balaban J connectivity index is 2.71. The van der Waals surface area contributed by atoms with E-state index in [1.807, 2.05) is 13.0 Å². The molecule has 84 valence electrons. The Labute approximate surface area is 94.2 Å². The fourth-order valence-corrected chi connectivity index (χ4v) is 1.83. The van der Waals surface area contributed by atoms with Crippen LogP contribution in [0.4, 0.5) is 11.8 Å². The largest absolute Gasteiger partial charge is 0.367 e. The van der Waals surface area contributed by atoms with E-state index in [9.17, 15) is 0 Å². The minimum absolute atomic E-state index is 0.375. The molecule has 0 aliphatic heterocycles. The van der Waals surface area contributed by atoms with Crippen LogP contribution >= 0.6 is 11.8 Å². The number of hydrogen-bond donors (Lipinski definition) is 3. The molecule has 5 nitrogen and oxygen atoms in total. The highest BCUT2D eigenvalue weighted by Gasteiger charge is 2.04. The molecule has 0 fully saturated rings. The van der Waals surface area contributed by atoms with E-state index in [-0.39, 0.29) is 0 Å². The Morgan fingerprint density at radius 3 is 2.87 bits per heavy atom. The number of aryl methyl sites for hydroxylation is 1. The number of nitrogen functional groups attached to an aromatic ring is 1. The summed E-state index contributed by atoms with van der Waals surface area (Å²) in [6.45, 7) is 4.02. The Morgan fingerprint density at radius 1 is 1.53 bits per heavy atom. The van der Waals surface area contributed by atoms with E-state index in [1.54, 1.807) is 11.8 Å². The van der Waals surface area contributed by atoms with Gasteiger partial charge in [-0.1, -0.05) is 0 Å². The summed E-state index contributed by atoms with van der Waals surface area (Å²) in [6, 6.07) is 2.28. The van der Waals surface area contributed by atoms with Crippen LogP contribution in [0.1, 0.15) is 12.6 Å². The summed E-state index contributed by atoms with van der Waals surface area (Å²) in [5.74, 6) is 7.55. The second-order valence-corrected chi connectivity index (χ2v) is 4.27. The highest BCUT2D eigenvalue weighted by molar-refractivity contribution is 7.98. The summed E-state index contributed by atoms with van der Waals surface area (Å²) in [4.78, 5) is 8.32. The van der Waals surface area contributed by atoms with Gasteiger partial charge in [0, 0.05) is 23.6 Å². The summed E-state index contributed by atoms with van der Waals surface area (Å²) < 4.78 is 0. The van der Waals surface area contributed by atoms with Gasteiger partial charge in [-0.25, -0.2) is 10.8 Å². The van der Waals surface area contributed by atoms with Crippen molar-refractivity contribution in [1.82, 2.24) is 9.97 Å². The maximum Gasteiger partial charge on any atom is 0.239 e. The van der Waals surface area contributed by atoms with Gasteiger partial charge in [0.2, 0.25) is 5.95 Å². The van der Waals surface area contributed by atoms with Crippen molar-refractivity contribution in [1.29, 1.82) is 0 Å². The number of hydrazine groups is 1. The highest BCUT2D eigenvalue weighted by atomic mass is 32.2. The molecule has 0 radical (unpaired) electrons. The van der Waals surface area contributed by atoms with Crippen LogP contribution < -0.4 is 16.6 Å². The second kappa shape index (κ2) is 5.77. The first kappa shape index (κ1) is 12.1. The molecule has 0 bridgehead atoms.